The first-order chi connectivity index (χ1) is 25.7. The summed E-state index contributed by atoms with van der Waals surface area (Å²) in [5, 5.41) is 2.89. The molecule has 3 aromatic rings. The van der Waals surface area contributed by atoms with E-state index in [1.54, 1.807) is 22.6 Å². The lowest BCUT2D eigenvalue weighted by Crippen LogP contribution is -2.47. The summed E-state index contributed by atoms with van der Waals surface area (Å²) in [7, 11) is 0. The Bertz CT molecular complexity index is 1820. The number of imidazole rings is 1. The first kappa shape index (κ1) is 39.2. The molecule has 3 saturated heterocycles. The number of nitrogens with one attached hydrogen (secondary N) is 1. The number of anilines is 2. The topological polar surface area (TPSA) is 100 Å². The molecule has 3 atom stereocenters. The summed E-state index contributed by atoms with van der Waals surface area (Å²) in [4.78, 5) is 49.4. The number of hydrogen-bond acceptors (Lipinski definition) is 7. The number of carbonyl (C=O) groups is 3. The summed E-state index contributed by atoms with van der Waals surface area (Å²) in [6, 6.07) is 6.94. The molecule has 3 aliphatic heterocycles. The first-order valence-electron chi connectivity index (χ1n) is 18.6. The van der Waals surface area contributed by atoms with Crippen LogP contribution < -0.4 is 10.2 Å². The van der Waals surface area contributed by atoms with Gasteiger partial charge in [0.2, 0.25) is 17.8 Å². The van der Waals surface area contributed by atoms with Crippen LogP contribution in [0.1, 0.15) is 69.1 Å². The first-order valence-corrected chi connectivity index (χ1v) is 18.6. The summed E-state index contributed by atoms with van der Waals surface area (Å²) in [5.41, 5.74) is 0.262. The SMILES string of the molecule is CCOC(=O)C1CCCN(c2cc(C(F)(F)F)ccc2Cn2ccnc2NC(=O)C2CN(C3CCN(C(=O)C(C)C)CC3)C[C@H]2c2ccc(F)cc2F)C1. The second-order valence-corrected chi connectivity index (χ2v) is 14.8. The Labute approximate surface area is 311 Å². The highest BCUT2D eigenvalue weighted by Gasteiger charge is 2.43. The number of alkyl halides is 3. The number of amides is 2. The molecule has 0 saturated carbocycles. The van der Waals surface area contributed by atoms with E-state index >= 15 is 4.39 Å². The summed E-state index contributed by atoms with van der Waals surface area (Å²) in [6.07, 6.45) is 1.05. The van der Waals surface area contributed by atoms with Crippen molar-refractivity contribution in [1.82, 2.24) is 19.4 Å². The van der Waals surface area contributed by atoms with Gasteiger partial charge in [0.25, 0.3) is 0 Å². The number of ether oxygens (including phenoxy) is 1. The molecule has 1 N–H and O–H groups in total. The van der Waals surface area contributed by atoms with E-state index in [9.17, 15) is 31.9 Å². The largest absolute Gasteiger partial charge is 0.466 e. The van der Waals surface area contributed by atoms with E-state index in [0.717, 1.165) is 18.2 Å². The van der Waals surface area contributed by atoms with Gasteiger partial charge in [-0.2, -0.15) is 13.2 Å². The van der Waals surface area contributed by atoms with Crippen LogP contribution >= 0.6 is 0 Å². The van der Waals surface area contributed by atoms with Crippen LogP contribution in [0.3, 0.4) is 0 Å². The van der Waals surface area contributed by atoms with E-state index in [-0.39, 0.29) is 55.0 Å². The number of carbonyl (C=O) groups excluding carboxylic acids is 3. The number of aromatic nitrogens is 2. The number of hydrogen-bond donors (Lipinski definition) is 1. The van der Waals surface area contributed by atoms with E-state index in [1.807, 2.05) is 18.7 Å². The van der Waals surface area contributed by atoms with Crippen LogP contribution in [-0.4, -0.2) is 89.1 Å². The van der Waals surface area contributed by atoms with Crippen molar-refractivity contribution in [3.8, 4) is 0 Å². The lowest BCUT2D eigenvalue weighted by atomic mass is 9.88. The van der Waals surface area contributed by atoms with Crippen LogP contribution in [0.15, 0.2) is 48.8 Å². The Kier molecular flexibility index (Phi) is 11.9. The van der Waals surface area contributed by atoms with Crippen LogP contribution in [0.25, 0.3) is 0 Å². The van der Waals surface area contributed by atoms with Crippen LogP contribution in [0.5, 0.6) is 0 Å². The number of likely N-dealkylation sites (tertiary alicyclic amines) is 2. The molecular weight excluding hydrogens is 711 g/mol. The molecule has 4 heterocycles. The van der Waals surface area contributed by atoms with Gasteiger partial charge < -0.3 is 19.1 Å². The van der Waals surface area contributed by atoms with E-state index in [2.05, 4.69) is 15.2 Å². The molecule has 2 unspecified atom stereocenters. The third-order valence-corrected chi connectivity index (χ3v) is 10.9. The smallest absolute Gasteiger partial charge is 0.416 e. The standard InChI is InChI=1S/C39H47F5N6O4/c1-4-54-37(53)26-6-5-14-48(21-26)34-18-27(39(42,43)44)8-7-25(34)20-49-17-13-45-38(49)46-35(51)32-23-50(22-31(32)30-10-9-28(40)19-33(30)41)29-11-15-47(16-12-29)36(52)24(2)3/h7-10,13,17-19,24,26,29,31-32H,4-6,11-12,14-16,20-23H2,1-3H3,(H,45,46,51)/t26?,31-,32?/m0/s1. The monoisotopic (exact) mass is 758 g/mol. The lowest BCUT2D eigenvalue weighted by molar-refractivity contribution is -0.148. The quantitative estimate of drug-likeness (QED) is 0.191. The normalized spacial score (nSPS) is 21.5. The molecule has 3 fully saturated rings. The molecule has 0 aliphatic carbocycles. The number of rotatable bonds is 10. The zero-order valence-corrected chi connectivity index (χ0v) is 30.7. The van der Waals surface area contributed by atoms with Crippen molar-refractivity contribution in [2.24, 2.45) is 17.8 Å². The molecule has 2 amide bonds. The number of nitrogens with zero attached hydrogens (tertiary/aromatic N) is 5. The van der Waals surface area contributed by atoms with Crippen LogP contribution in [0, 0.1) is 29.4 Å². The Balaban J connectivity index is 1.22. The number of halogens is 5. The fourth-order valence-corrected chi connectivity index (χ4v) is 8.10. The number of esters is 1. The number of benzene rings is 2. The predicted molar refractivity (Wildman–Crippen MR) is 192 cm³/mol. The molecule has 0 radical (unpaired) electrons. The third-order valence-electron chi connectivity index (χ3n) is 10.9. The van der Waals surface area contributed by atoms with Crippen molar-refractivity contribution in [3.63, 3.8) is 0 Å². The molecule has 292 valence electrons. The Morgan fingerprint density at radius 3 is 2.43 bits per heavy atom. The van der Waals surface area contributed by atoms with E-state index in [4.69, 9.17) is 4.74 Å². The molecule has 1 aromatic heterocycles. The Morgan fingerprint density at radius 1 is 0.981 bits per heavy atom. The number of piperidine rings is 2. The second kappa shape index (κ2) is 16.5. The molecule has 3 aliphatic rings. The van der Waals surface area contributed by atoms with Crippen molar-refractivity contribution in [1.29, 1.82) is 0 Å². The van der Waals surface area contributed by atoms with Gasteiger partial charge in [-0.1, -0.05) is 26.0 Å². The molecule has 6 rings (SSSR count). The van der Waals surface area contributed by atoms with E-state index in [1.165, 1.54) is 24.4 Å². The summed E-state index contributed by atoms with van der Waals surface area (Å²) in [5.74, 6) is -3.95. The minimum Gasteiger partial charge on any atom is -0.466 e. The second-order valence-electron chi connectivity index (χ2n) is 14.8. The average Bonchev–Trinajstić information content (AvgIpc) is 3.78. The third kappa shape index (κ3) is 8.71. The Hall–Kier alpha value is -4.53. The highest BCUT2D eigenvalue weighted by Crippen LogP contribution is 2.39. The van der Waals surface area contributed by atoms with E-state index in [0.29, 0.717) is 69.7 Å². The fraction of sp³-hybridized carbons (Fsp3) is 0.538. The molecule has 0 spiro atoms. The molecular formula is C39H47F5N6O4. The lowest BCUT2D eigenvalue weighted by Gasteiger charge is -2.37. The Morgan fingerprint density at radius 2 is 1.74 bits per heavy atom. The zero-order chi connectivity index (χ0) is 38.7. The maximum Gasteiger partial charge on any atom is 0.416 e. The van der Waals surface area contributed by atoms with Gasteiger partial charge in [0.05, 0.1) is 30.6 Å². The van der Waals surface area contributed by atoms with Gasteiger partial charge in [0.15, 0.2) is 0 Å². The summed E-state index contributed by atoms with van der Waals surface area (Å²) < 4.78 is 77.8. The van der Waals surface area contributed by atoms with Gasteiger partial charge in [-0.15, -0.1) is 0 Å². The maximum atomic E-state index is 15.3. The minimum absolute atomic E-state index is 0.0586. The van der Waals surface area contributed by atoms with Crippen LogP contribution in [0.2, 0.25) is 0 Å². The van der Waals surface area contributed by atoms with Gasteiger partial charge in [-0.25, -0.2) is 13.8 Å². The van der Waals surface area contributed by atoms with Crippen molar-refractivity contribution >= 4 is 29.4 Å². The summed E-state index contributed by atoms with van der Waals surface area (Å²) >= 11 is 0. The van der Waals surface area contributed by atoms with Gasteiger partial charge in [-0.3, -0.25) is 24.6 Å². The zero-order valence-electron chi connectivity index (χ0n) is 30.7. The van der Waals surface area contributed by atoms with Crippen molar-refractivity contribution in [2.75, 3.05) is 56.1 Å². The molecule has 2 aromatic carbocycles. The highest BCUT2D eigenvalue weighted by atomic mass is 19.4. The highest BCUT2D eigenvalue weighted by molar-refractivity contribution is 5.92. The molecule has 10 nitrogen and oxygen atoms in total. The van der Waals surface area contributed by atoms with Crippen molar-refractivity contribution in [2.45, 2.75) is 71.1 Å². The van der Waals surface area contributed by atoms with Gasteiger partial charge in [-0.05, 0) is 61.9 Å². The average molecular weight is 759 g/mol. The van der Waals surface area contributed by atoms with E-state index < -0.39 is 47.0 Å². The van der Waals surface area contributed by atoms with Crippen LogP contribution in [0.4, 0.5) is 33.6 Å². The van der Waals surface area contributed by atoms with Crippen LogP contribution in [-0.2, 0) is 31.8 Å². The molecule has 54 heavy (non-hydrogen) atoms. The fourth-order valence-electron chi connectivity index (χ4n) is 8.10. The van der Waals surface area contributed by atoms with Gasteiger partial charge in [0, 0.05) is 81.3 Å². The van der Waals surface area contributed by atoms with Gasteiger partial charge >= 0.3 is 12.1 Å². The van der Waals surface area contributed by atoms with Gasteiger partial charge in [0.1, 0.15) is 11.6 Å². The molecule has 0 bridgehead atoms. The minimum atomic E-state index is -4.59. The van der Waals surface area contributed by atoms with Crippen molar-refractivity contribution in [3.05, 3.63) is 77.1 Å². The maximum absolute atomic E-state index is 15.3. The predicted octanol–water partition coefficient (Wildman–Crippen LogP) is 6.31. The van der Waals surface area contributed by atoms with Crippen molar-refractivity contribution < 1.29 is 41.1 Å². The summed E-state index contributed by atoms with van der Waals surface area (Å²) in [6.45, 7) is 8.17. The molecule has 15 heteroatoms.